The molecule has 0 aromatic heterocycles. The fraction of sp³-hybridized carbons (Fsp3) is 0.667. The Labute approximate surface area is 201 Å². The Hall–Kier alpha value is 0.471. The third-order valence-corrected chi connectivity index (χ3v) is 10.1. The van der Waals surface area contributed by atoms with Gasteiger partial charge >= 0.3 is 21.7 Å². The molecule has 0 heterocycles. The van der Waals surface area contributed by atoms with Crippen molar-refractivity contribution in [1.82, 2.24) is 0 Å². The Balaban J connectivity index is 0. The zero-order chi connectivity index (χ0) is 21.5. The summed E-state index contributed by atoms with van der Waals surface area (Å²) in [7, 11) is 0. The van der Waals surface area contributed by atoms with E-state index >= 15 is 0 Å². The second kappa shape index (κ2) is 13.0. The summed E-state index contributed by atoms with van der Waals surface area (Å²) in [4.78, 5) is 0. The molecule has 4 heteroatoms. The first-order valence-electron chi connectivity index (χ1n) is 10.1. The van der Waals surface area contributed by atoms with Crippen molar-refractivity contribution in [3.8, 4) is 0 Å². The fourth-order valence-corrected chi connectivity index (χ4v) is 2.91. The predicted molar refractivity (Wildman–Crippen MR) is 128 cm³/mol. The number of rotatable bonds is 2. The summed E-state index contributed by atoms with van der Waals surface area (Å²) in [5, 5.41) is 0. The molecule has 0 atom stereocenters. The minimum atomic E-state index is -1.71. The van der Waals surface area contributed by atoms with Gasteiger partial charge in [0, 0.05) is 0 Å². The molecule has 2 aliphatic carbocycles. The van der Waals surface area contributed by atoms with Crippen LogP contribution in [0.5, 0.6) is 0 Å². The van der Waals surface area contributed by atoms with E-state index in [4.69, 9.17) is 22.2 Å². The van der Waals surface area contributed by atoms with Crippen LogP contribution in [0.25, 0.3) is 0 Å². The molecule has 0 nitrogen and oxygen atoms in total. The first-order valence-corrected chi connectivity index (χ1v) is 14.5. The van der Waals surface area contributed by atoms with Gasteiger partial charge in [-0.1, -0.05) is 69.2 Å². The van der Waals surface area contributed by atoms with Crippen LogP contribution in [0.15, 0.2) is 34.4 Å². The first kappa shape index (κ1) is 30.7. The zero-order valence-corrected chi connectivity index (χ0v) is 23.8. The second-order valence-corrected chi connectivity index (χ2v) is 17.5. The van der Waals surface area contributed by atoms with Gasteiger partial charge in [0.25, 0.3) is 6.69 Å². The van der Waals surface area contributed by atoms with Crippen molar-refractivity contribution in [3.05, 3.63) is 46.6 Å². The topological polar surface area (TPSA) is 0 Å². The quantitative estimate of drug-likeness (QED) is 0.212. The summed E-state index contributed by atoms with van der Waals surface area (Å²) in [6.07, 6.45) is 13.2. The van der Waals surface area contributed by atoms with E-state index in [9.17, 15) is 0 Å². The number of halogens is 2. The Kier molecular flexibility index (Phi) is 14.2. The van der Waals surface area contributed by atoms with Gasteiger partial charge in [-0.25, -0.2) is 23.3 Å². The Morgan fingerprint density at radius 3 is 1.14 bits per heavy atom. The van der Waals surface area contributed by atoms with Gasteiger partial charge in [-0.2, -0.15) is 11.1 Å². The maximum atomic E-state index is 5.81. The minimum Gasteiger partial charge on any atom is -0.269 e. The van der Waals surface area contributed by atoms with Crippen LogP contribution in [-0.4, -0.2) is 6.69 Å². The molecule has 0 amide bonds. The first-order chi connectivity index (χ1) is 12.1. The van der Waals surface area contributed by atoms with Crippen molar-refractivity contribution in [1.29, 1.82) is 0 Å². The third kappa shape index (κ3) is 12.9. The summed E-state index contributed by atoms with van der Waals surface area (Å²) in [6, 6.07) is 1.93. The van der Waals surface area contributed by atoms with Gasteiger partial charge in [0.2, 0.25) is 0 Å². The molecular formula is C24H40Cl2SiTi. The molecule has 0 saturated carbocycles. The third-order valence-electron chi connectivity index (χ3n) is 4.86. The van der Waals surface area contributed by atoms with E-state index < -0.39 is 6.69 Å². The molecule has 0 fully saturated rings. The molecule has 0 N–H and O–H groups in total. The Bertz CT molecular complexity index is 545. The van der Waals surface area contributed by atoms with E-state index in [0.717, 1.165) is 24.9 Å². The van der Waals surface area contributed by atoms with Crippen LogP contribution in [0.3, 0.4) is 0 Å². The molecule has 0 bridgehead atoms. The van der Waals surface area contributed by atoms with Gasteiger partial charge in [-0.05, 0) is 22.9 Å². The van der Waals surface area contributed by atoms with Gasteiger partial charge < -0.3 is 0 Å². The molecule has 2 aliphatic rings. The van der Waals surface area contributed by atoms with Crippen LogP contribution < -0.4 is 0 Å². The maximum Gasteiger partial charge on any atom is 2.00 e. The zero-order valence-electron chi connectivity index (χ0n) is 19.7. The van der Waals surface area contributed by atoms with E-state index in [1.54, 1.807) is 0 Å². The molecule has 0 aliphatic heterocycles. The molecule has 0 unspecified atom stereocenters. The van der Waals surface area contributed by atoms with E-state index in [1.807, 2.05) is 13.8 Å². The van der Waals surface area contributed by atoms with Crippen LogP contribution in [0.4, 0.5) is 0 Å². The van der Waals surface area contributed by atoms with Crippen molar-refractivity contribution in [2.24, 2.45) is 10.8 Å². The predicted octanol–water partition coefficient (Wildman–Crippen LogP) is 9.17. The van der Waals surface area contributed by atoms with Crippen LogP contribution in [0, 0.1) is 23.0 Å². The average molecular weight is 475 g/mol. The van der Waals surface area contributed by atoms with Crippen LogP contribution in [0.2, 0.25) is 12.1 Å². The smallest absolute Gasteiger partial charge is 0.269 e. The molecule has 158 valence electrons. The summed E-state index contributed by atoms with van der Waals surface area (Å²) in [6.45, 7) is 20.1. The minimum absolute atomic E-state index is 0. The summed E-state index contributed by atoms with van der Waals surface area (Å²) in [5.74, 6) is 0. The summed E-state index contributed by atoms with van der Waals surface area (Å²) >= 11 is 11.6. The van der Waals surface area contributed by atoms with Gasteiger partial charge in [-0.15, -0.1) is 35.0 Å². The number of hydrogen-bond acceptors (Lipinski definition) is 0. The second-order valence-electron chi connectivity index (χ2n) is 9.48. The monoisotopic (exact) mass is 474 g/mol. The van der Waals surface area contributed by atoms with Crippen LogP contribution >= 0.6 is 22.2 Å². The van der Waals surface area contributed by atoms with Crippen molar-refractivity contribution in [2.45, 2.75) is 94.2 Å². The summed E-state index contributed by atoms with van der Waals surface area (Å²) in [5.41, 5.74) is 6.28. The molecule has 0 radical (unpaired) electrons. The van der Waals surface area contributed by atoms with E-state index in [2.05, 4.69) is 79.7 Å². The van der Waals surface area contributed by atoms with E-state index in [1.165, 1.54) is 22.3 Å². The molecule has 0 spiro atoms. The molecule has 28 heavy (non-hydrogen) atoms. The summed E-state index contributed by atoms with van der Waals surface area (Å²) < 4.78 is 0. The SMILES string of the molecule is CC1=[C-]CC(C(C)(C)C)=C1.CC1=[C-]CC(C(C)(C)C)=C1.CC[Si](Cl)(Cl)CC.[Ti+2]. The van der Waals surface area contributed by atoms with E-state index in [-0.39, 0.29) is 21.7 Å². The van der Waals surface area contributed by atoms with Gasteiger partial charge in [0.05, 0.1) is 0 Å². The fourth-order valence-electron chi connectivity index (χ4n) is 2.41. The number of hydrogen-bond donors (Lipinski definition) is 0. The largest absolute Gasteiger partial charge is 2.00 e. The van der Waals surface area contributed by atoms with Crippen molar-refractivity contribution in [2.75, 3.05) is 0 Å². The standard InChI is InChI=1S/2C10H15.C4H10Cl2Si.Ti/c2*1-8-5-6-9(7-8)10(2,3)4;1-3-7(5,6)4-2;/h2*7H,6H2,1-4H3;3-4H2,1-2H3;/q2*-1;;+2. The van der Waals surface area contributed by atoms with Gasteiger partial charge in [-0.3, -0.25) is 12.2 Å². The average Bonchev–Trinajstić information content (AvgIpc) is 3.16. The van der Waals surface area contributed by atoms with E-state index in [0.29, 0.717) is 10.8 Å². The van der Waals surface area contributed by atoms with Crippen molar-refractivity contribution in [3.63, 3.8) is 0 Å². The molecular weight excluding hydrogens is 435 g/mol. The normalized spacial score (nSPS) is 16.4. The Morgan fingerprint density at radius 2 is 1.07 bits per heavy atom. The van der Waals surface area contributed by atoms with Gasteiger partial charge in [0.15, 0.2) is 0 Å². The Morgan fingerprint density at radius 1 is 0.786 bits per heavy atom. The maximum absolute atomic E-state index is 5.81. The van der Waals surface area contributed by atoms with Crippen LogP contribution in [0.1, 0.15) is 82.1 Å². The van der Waals surface area contributed by atoms with Crippen molar-refractivity contribution >= 4 is 28.9 Å². The van der Waals surface area contributed by atoms with Gasteiger partial charge in [0.1, 0.15) is 0 Å². The van der Waals surface area contributed by atoms with Crippen LogP contribution in [-0.2, 0) is 21.7 Å². The number of allylic oxidation sites excluding steroid dienone is 8. The molecule has 0 saturated heterocycles. The molecule has 2 rings (SSSR count). The molecule has 0 aromatic rings. The molecule has 0 aromatic carbocycles. The van der Waals surface area contributed by atoms with Crippen molar-refractivity contribution < 1.29 is 21.7 Å².